The monoisotopic (exact) mass is 398 g/mol. The van der Waals surface area contributed by atoms with E-state index >= 15 is 0 Å². The first kappa shape index (κ1) is 19.4. The minimum absolute atomic E-state index is 0.228. The molecule has 0 aliphatic rings. The van der Waals surface area contributed by atoms with Crippen LogP contribution in [0.2, 0.25) is 5.02 Å². The molecule has 3 aromatic rings. The van der Waals surface area contributed by atoms with Gasteiger partial charge in [-0.2, -0.15) is 0 Å². The Morgan fingerprint density at radius 1 is 1.04 bits per heavy atom. The maximum Gasteiger partial charge on any atom is 0.261 e. The maximum atomic E-state index is 12.6. The molecule has 1 aromatic heterocycles. The standard InChI is InChI=1S/C20H19ClN4O3/c1-12(26)24-25-20(28)18(23-19(27)15-7-2-4-8-16(15)21)10-13-11-22-17-9-5-3-6-14(13)17/h2-9,11,18,22H,10H2,1H3,(H,23,27)(H,24,26)(H,25,28)/t18-/m1/s1. The van der Waals surface area contributed by atoms with Crippen LogP contribution in [0, 0.1) is 0 Å². The van der Waals surface area contributed by atoms with Gasteiger partial charge < -0.3 is 10.3 Å². The van der Waals surface area contributed by atoms with Crippen LogP contribution in [0.1, 0.15) is 22.8 Å². The number of rotatable bonds is 5. The van der Waals surface area contributed by atoms with Crippen LogP contribution in [0.3, 0.4) is 0 Å². The largest absolute Gasteiger partial charge is 0.361 e. The average molecular weight is 399 g/mol. The van der Waals surface area contributed by atoms with Crippen LogP contribution in [-0.4, -0.2) is 28.7 Å². The SMILES string of the molecule is CC(=O)NNC(=O)[C@@H](Cc1c[nH]c2ccccc12)NC(=O)c1ccccc1Cl. The molecule has 3 rings (SSSR count). The number of para-hydroxylation sites is 1. The van der Waals surface area contributed by atoms with E-state index in [1.807, 2.05) is 24.3 Å². The number of benzene rings is 2. The zero-order chi connectivity index (χ0) is 20.1. The molecule has 0 saturated heterocycles. The first-order valence-corrected chi connectivity index (χ1v) is 9.00. The van der Waals surface area contributed by atoms with Gasteiger partial charge in [0.15, 0.2) is 0 Å². The Morgan fingerprint density at radius 3 is 2.50 bits per heavy atom. The topological polar surface area (TPSA) is 103 Å². The molecular weight excluding hydrogens is 380 g/mol. The Labute approximate surface area is 166 Å². The van der Waals surface area contributed by atoms with Crippen LogP contribution in [0.15, 0.2) is 54.7 Å². The lowest BCUT2D eigenvalue weighted by atomic mass is 10.0. The lowest BCUT2D eigenvalue weighted by molar-refractivity contribution is -0.129. The maximum absolute atomic E-state index is 12.6. The molecule has 144 valence electrons. The quantitative estimate of drug-likeness (QED) is 0.496. The van der Waals surface area contributed by atoms with Gasteiger partial charge in [0.25, 0.3) is 11.8 Å². The highest BCUT2D eigenvalue weighted by Crippen LogP contribution is 2.20. The summed E-state index contributed by atoms with van der Waals surface area (Å²) in [6, 6.07) is 13.3. The van der Waals surface area contributed by atoms with Crippen LogP contribution in [0.4, 0.5) is 0 Å². The molecule has 7 nitrogen and oxygen atoms in total. The van der Waals surface area contributed by atoms with Crippen molar-refractivity contribution in [1.29, 1.82) is 0 Å². The Balaban J connectivity index is 1.84. The van der Waals surface area contributed by atoms with Crippen molar-refractivity contribution in [3.05, 3.63) is 70.9 Å². The molecule has 1 heterocycles. The number of hydrogen-bond donors (Lipinski definition) is 4. The lowest BCUT2D eigenvalue weighted by Crippen LogP contribution is -2.52. The van der Waals surface area contributed by atoms with E-state index < -0.39 is 23.8 Å². The summed E-state index contributed by atoms with van der Waals surface area (Å²) in [6.07, 6.45) is 2.02. The van der Waals surface area contributed by atoms with Gasteiger partial charge in [0, 0.05) is 30.4 Å². The number of carbonyl (C=O) groups excluding carboxylic acids is 3. The van der Waals surface area contributed by atoms with Crippen LogP contribution >= 0.6 is 11.6 Å². The second kappa shape index (κ2) is 8.58. The number of nitrogens with one attached hydrogen (secondary N) is 4. The summed E-state index contributed by atoms with van der Waals surface area (Å²) in [4.78, 5) is 39.5. The predicted octanol–water partition coefficient (Wildman–Crippen LogP) is 2.33. The van der Waals surface area contributed by atoms with Crippen LogP contribution in [0.5, 0.6) is 0 Å². The molecule has 0 fully saturated rings. The van der Waals surface area contributed by atoms with Gasteiger partial charge in [0.2, 0.25) is 5.91 Å². The number of H-pyrrole nitrogens is 1. The number of aromatic amines is 1. The molecule has 0 saturated carbocycles. The molecule has 0 aliphatic heterocycles. The summed E-state index contributed by atoms with van der Waals surface area (Å²) in [5.41, 5.74) is 6.61. The van der Waals surface area contributed by atoms with Gasteiger partial charge in [-0.3, -0.25) is 25.2 Å². The number of hydrazine groups is 1. The van der Waals surface area contributed by atoms with Gasteiger partial charge >= 0.3 is 0 Å². The predicted molar refractivity (Wildman–Crippen MR) is 107 cm³/mol. The van der Waals surface area contributed by atoms with Gasteiger partial charge in [-0.05, 0) is 23.8 Å². The van der Waals surface area contributed by atoms with E-state index in [1.54, 1.807) is 30.5 Å². The third kappa shape index (κ3) is 4.50. The minimum atomic E-state index is -0.921. The average Bonchev–Trinajstić information content (AvgIpc) is 3.09. The highest BCUT2D eigenvalue weighted by atomic mass is 35.5. The molecule has 0 unspecified atom stereocenters. The Hall–Kier alpha value is -3.32. The van der Waals surface area contributed by atoms with Crippen molar-refractivity contribution in [2.45, 2.75) is 19.4 Å². The normalized spacial score (nSPS) is 11.6. The van der Waals surface area contributed by atoms with Gasteiger partial charge in [-0.15, -0.1) is 0 Å². The van der Waals surface area contributed by atoms with E-state index in [1.165, 1.54) is 6.92 Å². The Morgan fingerprint density at radius 2 is 1.75 bits per heavy atom. The van der Waals surface area contributed by atoms with E-state index in [0.29, 0.717) is 0 Å². The molecular formula is C20H19ClN4O3. The molecule has 0 aliphatic carbocycles. The van der Waals surface area contributed by atoms with Crippen molar-refractivity contribution in [3.8, 4) is 0 Å². The number of halogens is 1. The number of carbonyl (C=O) groups is 3. The van der Waals surface area contributed by atoms with Gasteiger partial charge in [0.05, 0.1) is 10.6 Å². The summed E-state index contributed by atoms with van der Waals surface area (Å²) in [5, 5.41) is 3.94. The van der Waals surface area contributed by atoms with E-state index in [0.717, 1.165) is 16.5 Å². The van der Waals surface area contributed by atoms with Crippen molar-refractivity contribution in [2.75, 3.05) is 0 Å². The van der Waals surface area contributed by atoms with Gasteiger partial charge in [0.1, 0.15) is 6.04 Å². The minimum Gasteiger partial charge on any atom is -0.361 e. The van der Waals surface area contributed by atoms with Crippen LogP contribution in [-0.2, 0) is 16.0 Å². The number of amides is 3. The molecule has 0 spiro atoms. The van der Waals surface area contributed by atoms with E-state index in [-0.39, 0.29) is 17.0 Å². The van der Waals surface area contributed by atoms with Crippen molar-refractivity contribution < 1.29 is 14.4 Å². The molecule has 1 atom stereocenters. The fourth-order valence-electron chi connectivity index (χ4n) is 2.85. The zero-order valence-electron chi connectivity index (χ0n) is 15.1. The summed E-state index contributed by atoms with van der Waals surface area (Å²) in [6.45, 7) is 1.28. The highest BCUT2D eigenvalue weighted by molar-refractivity contribution is 6.33. The number of fused-ring (bicyclic) bond motifs is 1. The second-order valence-electron chi connectivity index (χ2n) is 6.24. The van der Waals surface area contributed by atoms with E-state index in [4.69, 9.17) is 11.6 Å². The van der Waals surface area contributed by atoms with Crippen molar-refractivity contribution in [1.82, 2.24) is 21.2 Å². The summed E-state index contributed by atoms with van der Waals surface area (Å²) in [7, 11) is 0. The molecule has 3 amide bonds. The number of aromatic nitrogens is 1. The van der Waals surface area contributed by atoms with Gasteiger partial charge in [-0.1, -0.05) is 41.9 Å². The van der Waals surface area contributed by atoms with Crippen molar-refractivity contribution >= 4 is 40.2 Å². The zero-order valence-corrected chi connectivity index (χ0v) is 15.8. The third-order valence-corrected chi connectivity index (χ3v) is 4.53. The molecule has 2 aromatic carbocycles. The summed E-state index contributed by atoms with van der Waals surface area (Å²) >= 11 is 6.08. The van der Waals surface area contributed by atoms with Crippen LogP contribution in [0.25, 0.3) is 10.9 Å². The second-order valence-corrected chi connectivity index (χ2v) is 6.65. The fraction of sp³-hybridized carbons (Fsp3) is 0.150. The smallest absolute Gasteiger partial charge is 0.261 e. The number of hydrogen-bond acceptors (Lipinski definition) is 3. The first-order valence-electron chi connectivity index (χ1n) is 8.62. The molecule has 4 N–H and O–H groups in total. The Kier molecular flexibility index (Phi) is 5.96. The van der Waals surface area contributed by atoms with E-state index in [2.05, 4.69) is 21.2 Å². The Bertz CT molecular complexity index is 1030. The first-order chi connectivity index (χ1) is 13.5. The van der Waals surface area contributed by atoms with Crippen LogP contribution < -0.4 is 16.2 Å². The molecule has 8 heteroatoms. The third-order valence-electron chi connectivity index (χ3n) is 4.20. The fourth-order valence-corrected chi connectivity index (χ4v) is 3.07. The molecule has 0 radical (unpaired) electrons. The van der Waals surface area contributed by atoms with Crippen molar-refractivity contribution in [2.24, 2.45) is 0 Å². The lowest BCUT2D eigenvalue weighted by Gasteiger charge is -2.19. The van der Waals surface area contributed by atoms with Crippen molar-refractivity contribution in [3.63, 3.8) is 0 Å². The summed E-state index contributed by atoms with van der Waals surface area (Å²) in [5.74, 6) is -1.44. The van der Waals surface area contributed by atoms with E-state index in [9.17, 15) is 14.4 Å². The summed E-state index contributed by atoms with van der Waals surface area (Å²) < 4.78 is 0. The van der Waals surface area contributed by atoms with Gasteiger partial charge in [-0.25, -0.2) is 0 Å². The molecule has 28 heavy (non-hydrogen) atoms. The highest BCUT2D eigenvalue weighted by Gasteiger charge is 2.24. The molecule has 0 bridgehead atoms.